The number of carbonyl (C=O) groups is 5. The van der Waals surface area contributed by atoms with E-state index in [9.17, 15) is 34.2 Å². The van der Waals surface area contributed by atoms with Crippen molar-refractivity contribution in [2.24, 2.45) is 28.1 Å². The Hall–Kier alpha value is -3.37. The Labute approximate surface area is 239 Å². The molecule has 41 heavy (non-hydrogen) atoms. The third-order valence-electron chi connectivity index (χ3n) is 9.66. The summed E-state index contributed by atoms with van der Waals surface area (Å²) in [5.41, 5.74) is -6.48. The van der Waals surface area contributed by atoms with Crippen LogP contribution >= 0.6 is 0 Å². The number of benzene rings is 1. The first-order valence-corrected chi connectivity index (χ1v) is 13.7. The summed E-state index contributed by atoms with van der Waals surface area (Å²) in [4.78, 5) is 66.2. The van der Waals surface area contributed by atoms with Crippen molar-refractivity contribution in [1.29, 1.82) is 0 Å². The highest BCUT2D eigenvalue weighted by Gasteiger charge is 2.77. The molecular formula is C31H38O10. The van der Waals surface area contributed by atoms with Gasteiger partial charge in [-0.3, -0.25) is 19.2 Å². The summed E-state index contributed by atoms with van der Waals surface area (Å²) in [6.07, 6.45) is -4.92. The van der Waals surface area contributed by atoms with E-state index < -0.39 is 87.6 Å². The topological polar surface area (TPSA) is 154 Å². The number of allylic oxidation sites excluding steroid dienone is 1. The molecule has 10 nitrogen and oxygen atoms in total. The molecule has 0 spiro atoms. The lowest BCUT2D eigenvalue weighted by Gasteiger charge is -2.67. The van der Waals surface area contributed by atoms with Crippen molar-refractivity contribution < 1.29 is 48.4 Å². The zero-order valence-electron chi connectivity index (χ0n) is 24.2. The molecule has 0 radical (unpaired) electrons. The number of ketones is 2. The Balaban J connectivity index is 1.99. The molecule has 0 bridgehead atoms. The van der Waals surface area contributed by atoms with Gasteiger partial charge < -0.3 is 24.4 Å². The predicted molar refractivity (Wildman–Crippen MR) is 144 cm³/mol. The minimum absolute atomic E-state index is 0.166. The monoisotopic (exact) mass is 570 g/mol. The number of ether oxygens (including phenoxy) is 3. The molecule has 0 amide bonds. The van der Waals surface area contributed by atoms with Crippen LogP contribution in [0.5, 0.6) is 0 Å². The molecule has 3 fully saturated rings. The summed E-state index contributed by atoms with van der Waals surface area (Å²) in [5, 5.41) is 23.5. The number of aliphatic hydroxyl groups is 2. The van der Waals surface area contributed by atoms with Gasteiger partial charge in [0.15, 0.2) is 17.5 Å². The second kappa shape index (κ2) is 10.2. The van der Waals surface area contributed by atoms with Crippen LogP contribution in [0.1, 0.15) is 64.7 Å². The third kappa shape index (κ3) is 4.52. The van der Waals surface area contributed by atoms with Crippen molar-refractivity contribution >= 4 is 29.5 Å². The molecule has 0 unspecified atom stereocenters. The largest absolute Gasteiger partial charge is 0.458 e. The fourth-order valence-corrected chi connectivity index (χ4v) is 7.83. The average Bonchev–Trinajstić information content (AvgIpc) is 2.89. The number of rotatable bonds is 5. The van der Waals surface area contributed by atoms with Crippen molar-refractivity contribution in [2.75, 3.05) is 0 Å². The standard InChI is InChI=1S/C31H38O10/c1-8-29(6)15-19(34)23-30(7)20(14-21(35)31(23,38)27(29)37)28(4,5)24(40-17(3)33)22(39-16(2)32)25(30)41-26(36)18-12-10-9-11-13-18/h8-13,20-25,35,38H,1,14-15H2,2-7H3/t20-,21+,22+,23+,24+,25-,29-,30-,31-/m0/s1. The lowest BCUT2D eigenvalue weighted by Crippen LogP contribution is -2.79. The molecule has 1 aromatic rings. The second-order valence-electron chi connectivity index (χ2n) is 12.6. The molecule has 0 aromatic heterocycles. The SMILES string of the molecule is C=C[C@@]1(C)CC(=O)[C@H]2[C@](O)(C1=O)[C@H](O)C[C@H]1C(C)(C)[C@H](OC(C)=O)[C@@H](OC(C)=O)[C@H](OC(=O)c3ccccc3)[C@@]12C. The fourth-order valence-electron chi connectivity index (χ4n) is 7.83. The zero-order valence-corrected chi connectivity index (χ0v) is 24.2. The van der Waals surface area contributed by atoms with Crippen LogP contribution in [0.25, 0.3) is 0 Å². The fraction of sp³-hybridized carbons (Fsp3) is 0.581. The highest BCUT2D eigenvalue weighted by molar-refractivity contribution is 6.06. The van der Waals surface area contributed by atoms with Gasteiger partial charge in [0, 0.05) is 31.1 Å². The first-order chi connectivity index (χ1) is 19.0. The van der Waals surface area contributed by atoms with Gasteiger partial charge in [-0.05, 0) is 31.4 Å². The van der Waals surface area contributed by atoms with Gasteiger partial charge in [-0.15, -0.1) is 6.58 Å². The van der Waals surface area contributed by atoms with Crippen LogP contribution in [0, 0.1) is 28.1 Å². The molecule has 3 aliphatic rings. The molecule has 2 N–H and O–H groups in total. The van der Waals surface area contributed by atoms with E-state index in [0.29, 0.717) is 0 Å². The van der Waals surface area contributed by atoms with Crippen molar-refractivity contribution in [3.8, 4) is 0 Å². The summed E-state index contributed by atoms with van der Waals surface area (Å²) in [6.45, 7) is 12.6. The van der Waals surface area contributed by atoms with Crippen molar-refractivity contribution in [2.45, 2.75) is 84.4 Å². The number of aliphatic hydroxyl groups excluding tert-OH is 1. The van der Waals surface area contributed by atoms with Gasteiger partial charge in [-0.2, -0.15) is 0 Å². The molecule has 9 atom stereocenters. The third-order valence-corrected chi connectivity index (χ3v) is 9.66. The molecule has 222 valence electrons. The maximum Gasteiger partial charge on any atom is 0.338 e. The van der Waals surface area contributed by atoms with E-state index in [0.717, 1.165) is 6.92 Å². The van der Waals surface area contributed by atoms with Gasteiger partial charge in [0.1, 0.15) is 18.0 Å². The number of esters is 3. The minimum atomic E-state index is -2.55. The summed E-state index contributed by atoms with van der Waals surface area (Å²) in [6, 6.07) is 8.01. The molecule has 3 saturated carbocycles. The van der Waals surface area contributed by atoms with Crippen LogP contribution in [0.3, 0.4) is 0 Å². The smallest absolute Gasteiger partial charge is 0.338 e. The quantitative estimate of drug-likeness (QED) is 0.307. The molecule has 0 saturated heterocycles. The Bertz CT molecular complexity index is 1290. The summed E-state index contributed by atoms with van der Waals surface area (Å²) < 4.78 is 17.5. The van der Waals surface area contributed by atoms with Gasteiger partial charge in [0.2, 0.25) is 0 Å². The lowest BCUT2D eigenvalue weighted by molar-refractivity contribution is -0.293. The van der Waals surface area contributed by atoms with E-state index >= 15 is 0 Å². The number of hydrogen-bond acceptors (Lipinski definition) is 10. The first-order valence-electron chi connectivity index (χ1n) is 13.7. The van der Waals surface area contributed by atoms with E-state index in [1.165, 1.54) is 32.1 Å². The maximum atomic E-state index is 14.1. The van der Waals surface area contributed by atoms with E-state index in [1.807, 2.05) is 0 Å². The van der Waals surface area contributed by atoms with Crippen molar-refractivity contribution in [3.63, 3.8) is 0 Å². The van der Waals surface area contributed by atoms with Gasteiger partial charge in [0.05, 0.1) is 23.0 Å². The molecule has 1 aromatic carbocycles. The Morgan fingerprint density at radius 3 is 2.07 bits per heavy atom. The Morgan fingerprint density at radius 2 is 1.54 bits per heavy atom. The van der Waals surface area contributed by atoms with Crippen molar-refractivity contribution in [3.05, 3.63) is 48.6 Å². The van der Waals surface area contributed by atoms with Crippen LogP contribution < -0.4 is 0 Å². The van der Waals surface area contributed by atoms with Crippen LogP contribution in [0.2, 0.25) is 0 Å². The maximum absolute atomic E-state index is 14.1. The first kappa shape index (κ1) is 30.6. The van der Waals surface area contributed by atoms with Gasteiger partial charge in [-0.25, -0.2) is 4.79 Å². The van der Waals surface area contributed by atoms with E-state index in [2.05, 4.69) is 6.58 Å². The van der Waals surface area contributed by atoms with Crippen LogP contribution in [0.4, 0.5) is 0 Å². The minimum Gasteiger partial charge on any atom is -0.458 e. The number of Topliss-reactive ketones (excluding diaryl/α,β-unsaturated/α-hetero) is 2. The molecule has 0 aliphatic heterocycles. The number of carbonyl (C=O) groups excluding carboxylic acids is 5. The predicted octanol–water partition coefficient (Wildman–Crippen LogP) is 2.58. The van der Waals surface area contributed by atoms with E-state index in [1.54, 1.807) is 39.0 Å². The highest BCUT2D eigenvalue weighted by Crippen LogP contribution is 2.66. The lowest BCUT2D eigenvalue weighted by atomic mass is 9.39. The number of hydrogen-bond donors (Lipinski definition) is 2. The molecule has 4 rings (SSSR count). The zero-order chi connectivity index (χ0) is 30.7. The average molecular weight is 571 g/mol. The van der Waals surface area contributed by atoms with E-state index in [-0.39, 0.29) is 18.4 Å². The molecule has 0 heterocycles. The Kier molecular flexibility index (Phi) is 7.58. The van der Waals surface area contributed by atoms with Crippen LogP contribution in [-0.4, -0.2) is 69.7 Å². The van der Waals surface area contributed by atoms with Gasteiger partial charge in [0.25, 0.3) is 0 Å². The van der Waals surface area contributed by atoms with Gasteiger partial charge >= 0.3 is 17.9 Å². The molecule has 10 heteroatoms. The summed E-state index contributed by atoms with van der Waals surface area (Å²) in [7, 11) is 0. The summed E-state index contributed by atoms with van der Waals surface area (Å²) >= 11 is 0. The van der Waals surface area contributed by atoms with Crippen LogP contribution in [-0.2, 0) is 33.4 Å². The molecular weight excluding hydrogens is 532 g/mol. The van der Waals surface area contributed by atoms with Crippen molar-refractivity contribution in [1.82, 2.24) is 0 Å². The Morgan fingerprint density at radius 1 is 0.951 bits per heavy atom. The van der Waals surface area contributed by atoms with Crippen LogP contribution in [0.15, 0.2) is 43.0 Å². The van der Waals surface area contributed by atoms with Gasteiger partial charge in [-0.1, -0.05) is 45.0 Å². The van der Waals surface area contributed by atoms with E-state index in [4.69, 9.17) is 14.2 Å². The second-order valence-corrected chi connectivity index (χ2v) is 12.6. The molecule has 3 aliphatic carbocycles. The number of fused-ring (bicyclic) bond motifs is 3. The normalized spacial score (nSPS) is 39.5. The highest BCUT2D eigenvalue weighted by atomic mass is 16.6. The summed E-state index contributed by atoms with van der Waals surface area (Å²) in [5.74, 6) is -5.87.